The molecular formula is C14H9Cl2N3. The lowest BCUT2D eigenvalue weighted by Crippen LogP contribution is -1.93. The van der Waals surface area contributed by atoms with Gasteiger partial charge in [-0.1, -0.05) is 41.4 Å². The van der Waals surface area contributed by atoms with Gasteiger partial charge in [-0.2, -0.15) is 4.98 Å². The van der Waals surface area contributed by atoms with E-state index in [2.05, 4.69) is 15.0 Å². The van der Waals surface area contributed by atoms with Crippen LogP contribution >= 0.6 is 23.2 Å². The second-order valence-corrected chi connectivity index (χ2v) is 4.94. The zero-order valence-electron chi connectivity index (χ0n) is 10.1. The highest BCUT2D eigenvalue weighted by molar-refractivity contribution is 6.30. The standard InChI is InChI=1S/C14H9Cl2N3/c1-8-2-4-9(5-3-8)12-10-6-7-11(15)17-13(10)19-14(16)18-12/h2-7H,1H3. The molecule has 0 radical (unpaired) electrons. The average Bonchev–Trinajstić information content (AvgIpc) is 2.38. The number of halogens is 2. The Hall–Kier alpha value is -1.71. The van der Waals surface area contributed by atoms with Crippen molar-refractivity contribution in [2.24, 2.45) is 0 Å². The van der Waals surface area contributed by atoms with E-state index < -0.39 is 0 Å². The van der Waals surface area contributed by atoms with Crippen LogP contribution in [0, 0.1) is 6.92 Å². The molecule has 1 aromatic carbocycles. The summed E-state index contributed by atoms with van der Waals surface area (Å²) < 4.78 is 0. The molecule has 0 amide bonds. The van der Waals surface area contributed by atoms with Gasteiger partial charge in [0, 0.05) is 10.9 Å². The summed E-state index contributed by atoms with van der Waals surface area (Å²) in [4.78, 5) is 12.6. The number of benzene rings is 1. The van der Waals surface area contributed by atoms with Gasteiger partial charge in [0.2, 0.25) is 5.28 Å². The molecule has 0 saturated carbocycles. The lowest BCUT2D eigenvalue weighted by Gasteiger charge is -2.06. The molecule has 2 aromatic heterocycles. The first kappa shape index (κ1) is 12.3. The molecule has 0 N–H and O–H groups in total. The quantitative estimate of drug-likeness (QED) is 0.495. The van der Waals surface area contributed by atoms with Crippen molar-refractivity contribution in [3.05, 3.63) is 52.4 Å². The van der Waals surface area contributed by atoms with Gasteiger partial charge in [0.05, 0.1) is 5.69 Å². The maximum atomic E-state index is 5.95. The van der Waals surface area contributed by atoms with Crippen LogP contribution in [0.15, 0.2) is 36.4 Å². The molecule has 0 saturated heterocycles. The first-order chi connectivity index (χ1) is 9.13. The molecule has 19 heavy (non-hydrogen) atoms. The van der Waals surface area contributed by atoms with Gasteiger partial charge < -0.3 is 0 Å². The van der Waals surface area contributed by atoms with Crippen molar-refractivity contribution in [1.82, 2.24) is 15.0 Å². The Morgan fingerprint density at radius 3 is 2.32 bits per heavy atom. The molecule has 0 spiro atoms. The fourth-order valence-electron chi connectivity index (χ4n) is 1.89. The van der Waals surface area contributed by atoms with E-state index in [0.717, 1.165) is 16.6 Å². The van der Waals surface area contributed by atoms with Gasteiger partial charge in [-0.3, -0.25) is 0 Å². The normalized spacial score (nSPS) is 10.9. The Balaban J connectivity index is 2.30. The van der Waals surface area contributed by atoms with E-state index in [1.165, 1.54) is 5.56 Å². The molecule has 0 fully saturated rings. The molecule has 5 heteroatoms. The molecular weight excluding hydrogens is 281 g/mol. The van der Waals surface area contributed by atoms with E-state index in [1.807, 2.05) is 37.3 Å². The van der Waals surface area contributed by atoms with Crippen molar-refractivity contribution in [3.63, 3.8) is 0 Å². The highest BCUT2D eigenvalue weighted by Crippen LogP contribution is 2.27. The lowest BCUT2D eigenvalue weighted by molar-refractivity contribution is 1.18. The summed E-state index contributed by atoms with van der Waals surface area (Å²) in [6.45, 7) is 2.04. The van der Waals surface area contributed by atoms with Crippen LogP contribution in [0.2, 0.25) is 10.4 Å². The van der Waals surface area contributed by atoms with Crippen LogP contribution in [0.4, 0.5) is 0 Å². The number of pyridine rings is 1. The second kappa shape index (κ2) is 4.76. The molecule has 0 unspecified atom stereocenters. The SMILES string of the molecule is Cc1ccc(-c2nc(Cl)nc3nc(Cl)ccc23)cc1. The van der Waals surface area contributed by atoms with Gasteiger partial charge in [-0.15, -0.1) is 0 Å². The zero-order valence-corrected chi connectivity index (χ0v) is 11.6. The third-order valence-corrected chi connectivity index (χ3v) is 3.20. The summed E-state index contributed by atoms with van der Waals surface area (Å²) >= 11 is 11.8. The van der Waals surface area contributed by atoms with Gasteiger partial charge in [0.15, 0.2) is 5.65 Å². The first-order valence-electron chi connectivity index (χ1n) is 5.70. The van der Waals surface area contributed by atoms with Gasteiger partial charge in [0.1, 0.15) is 5.15 Å². The monoisotopic (exact) mass is 289 g/mol. The fraction of sp³-hybridized carbons (Fsp3) is 0.0714. The van der Waals surface area contributed by atoms with Crippen molar-refractivity contribution in [3.8, 4) is 11.3 Å². The number of aromatic nitrogens is 3. The van der Waals surface area contributed by atoms with E-state index in [9.17, 15) is 0 Å². The third-order valence-electron chi connectivity index (χ3n) is 2.82. The Labute approximate surface area is 120 Å². The van der Waals surface area contributed by atoms with Crippen LogP contribution in [0.3, 0.4) is 0 Å². The molecule has 2 heterocycles. The maximum absolute atomic E-state index is 5.95. The van der Waals surface area contributed by atoms with Crippen LogP contribution in [0.5, 0.6) is 0 Å². The number of hydrogen-bond donors (Lipinski definition) is 0. The summed E-state index contributed by atoms with van der Waals surface area (Å²) in [6, 6.07) is 11.6. The average molecular weight is 290 g/mol. The van der Waals surface area contributed by atoms with Crippen molar-refractivity contribution >= 4 is 34.2 Å². The van der Waals surface area contributed by atoms with E-state index >= 15 is 0 Å². The van der Waals surface area contributed by atoms with Crippen LogP contribution in [-0.2, 0) is 0 Å². The first-order valence-corrected chi connectivity index (χ1v) is 6.46. The van der Waals surface area contributed by atoms with Crippen molar-refractivity contribution < 1.29 is 0 Å². The third kappa shape index (κ3) is 2.39. The smallest absolute Gasteiger partial charge is 0.217 e. The molecule has 0 aliphatic carbocycles. The lowest BCUT2D eigenvalue weighted by atomic mass is 10.1. The largest absolute Gasteiger partial charge is 0.225 e. The minimum absolute atomic E-state index is 0.165. The van der Waals surface area contributed by atoms with Crippen LogP contribution < -0.4 is 0 Å². The summed E-state index contributed by atoms with van der Waals surface area (Å²) in [7, 11) is 0. The minimum atomic E-state index is 0.165. The zero-order chi connectivity index (χ0) is 13.4. The van der Waals surface area contributed by atoms with Crippen molar-refractivity contribution in [2.75, 3.05) is 0 Å². The van der Waals surface area contributed by atoms with Crippen molar-refractivity contribution in [1.29, 1.82) is 0 Å². The molecule has 0 aliphatic heterocycles. The number of hydrogen-bond acceptors (Lipinski definition) is 3. The van der Waals surface area contributed by atoms with E-state index in [-0.39, 0.29) is 5.28 Å². The Kier molecular flexibility index (Phi) is 3.09. The summed E-state index contributed by atoms with van der Waals surface area (Å²) in [5.41, 5.74) is 3.43. The van der Waals surface area contributed by atoms with Crippen molar-refractivity contribution in [2.45, 2.75) is 6.92 Å². The number of aryl methyl sites for hydroxylation is 1. The van der Waals surface area contributed by atoms with Crippen LogP contribution in [0.1, 0.15) is 5.56 Å². The van der Waals surface area contributed by atoms with Crippen LogP contribution in [0.25, 0.3) is 22.3 Å². The molecule has 0 aliphatic rings. The molecule has 3 aromatic rings. The molecule has 3 rings (SSSR count). The molecule has 3 nitrogen and oxygen atoms in total. The highest BCUT2D eigenvalue weighted by Gasteiger charge is 2.10. The van der Waals surface area contributed by atoms with Gasteiger partial charge in [0.25, 0.3) is 0 Å². The van der Waals surface area contributed by atoms with E-state index in [0.29, 0.717) is 10.8 Å². The Morgan fingerprint density at radius 1 is 0.842 bits per heavy atom. The predicted molar refractivity (Wildman–Crippen MR) is 77.5 cm³/mol. The number of nitrogens with zero attached hydrogens (tertiary/aromatic N) is 3. The Bertz CT molecular complexity index is 749. The predicted octanol–water partition coefficient (Wildman–Crippen LogP) is 4.31. The van der Waals surface area contributed by atoms with Gasteiger partial charge in [-0.25, -0.2) is 9.97 Å². The summed E-state index contributed by atoms with van der Waals surface area (Å²) in [5, 5.41) is 1.38. The molecule has 0 atom stereocenters. The summed E-state index contributed by atoms with van der Waals surface area (Å²) in [5.74, 6) is 0. The second-order valence-electron chi connectivity index (χ2n) is 4.21. The molecule has 0 bridgehead atoms. The van der Waals surface area contributed by atoms with Crippen LogP contribution in [-0.4, -0.2) is 15.0 Å². The summed E-state index contributed by atoms with van der Waals surface area (Å²) in [6.07, 6.45) is 0. The maximum Gasteiger partial charge on any atom is 0.225 e. The fourth-order valence-corrected chi connectivity index (χ4v) is 2.20. The van der Waals surface area contributed by atoms with Gasteiger partial charge >= 0.3 is 0 Å². The minimum Gasteiger partial charge on any atom is -0.217 e. The number of fused-ring (bicyclic) bond motifs is 1. The van der Waals surface area contributed by atoms with E-state index in [1.54, 1.807) is 6.07 Å². The topological polar surface area (TPSA) is 38.7 Å². The highest BCUT2D eigenvalue weighted by atomic mass is 35.5. The molecule has 94 valence electrons. The van der Waals surface area contributed by atoms with E-state index in [4.69, 9.17) is 23.2 Å². The number of rotatable bonds is 1. The van der Waals surface area contributed by atoms with Gasteiger partial charge in [-0.05, 0) is 30.7 Å². The Morgan fingerprint density at radius 2 is 1.58 bits per heavy atom.